The minimum Gasteiger partial charge on any atom is -0.290 e. The lowest BCUT2D eigenvalue weighted by Gasteiger charge is -2.33. The van der Waals surface area contributed by atoms with Crippen molar-refractivity contribution in [1.82, 2.24) is 0 Å². The van der Waals surface area contributed by atoms with Gasteiger partial charge in [0.15, 0.2) is 0 Å². The Bertz CT molecular complexity index is 1000. The predicted octanol–water partition coefficient (Wildman–Crippen LogP) is 10.3. The minimum atomic E-state index is -0.300. The van der Waals surface area contributed by atoms with E-state index in [2.05, 4.69) is 61.5 Å². The first-order chi connectivity index (χ1) is 17.7. The van der Waals surface area contributed by atoms with Crippen LogP contribution >= 0.6 is 0 Å². The molecule has 0 aliphatic carbocycles. The Morgan fingerprint density at radius 3 is 1.59 bits per heavy atom. The zero-order chi connectivity index (χ0) is 27.5. The average Bonchev–Trinajstić information content (AvgIpc) is 2.88. The number of benzene rings is 2. The van der Waals surface area contributed by atoms with E-state index in [0.29, 0.717) is 23.3 Å². The maximum absolute atomic E-state index is 14.0. The molecule has 0 fully saturated rings. The molecule has 0 amide bonds. The van der Waals surface area contributed by atoms with Crippen LogP contribution in [0.1, 0.15) is 169 Å². The lowest BCUT2D eigenvalue weighted by Crippen LogP contribution is -2.23. The lowest BCUT2D eigenvalue weighted by atomic mass is 9.71. The summed E-state index contributed by atoms with van der Waals surface area (Å²) in [7, 11) is 0. The summed E-state index contributed by atoms with van der Waals surface area (Å²) in [6.45, 7) is 18.3. The molecule has 4 unspecified atom stereocenters. The molecule has 37 heavy (non-hydrogen) atoms. The van der Waals surface area contributed by atoms with E-state index in [4.69, 9.17) is 0 Å². The first-order valence-corrected chi connectivity index (χ1v) is 15.0. The largest absolute Gasteiger partial charge is 0.290 e. The molecule has 4 atom stereocenters. The van der Waals surface area contributed by atoms with Crippen molar-refractivity contribution in [3.63, 3.8) is 0 Å². The van der Waals surface area contributed by atoms with Crippen LogP contribution in [-0.4, -0.2) is 11.6 Å². The van der Waals surface area contributed by atoms with Crippen LogP contribution in [0.25, 0.3) is 0 Å². The minimum absolute atomic E-state index is 0.162. The molecule has 0 aliphatic rings. The molecule has 2 aromatic rings. The molecule has 0 bridgehead atoms. The van der Waals surface area contributed by atoms with Crippen molar-refractivity contribution in [2.45, 2.75) is 137 Å². The zero-order valence-corrected chi connectivity index (χ0v) is 25.0. The Labute approximate surface area is 227 Å². The second kappa shape index (κ2) is 15.3. The van der Waals surface area contributed by atoms with Crippen molar-refractivity contribution in [1.29, 1.82) is 0 Å². The Hall–Kier alpha value is -2.22. The maximum atomic E-state index is 14.0. The highest BCUT2D eigenvalue weighted by Crippen LogP contribution is 2.44. The third kappa shape index (κ3) is 7.88. The summed E-state index contributed by atoms with van der Waals surface area (Å²) in [4.78, 5) is 27.4. The highest BCUT2D eigenvalue weighted by Gasteiger charge is 2.32. The number of ketones is 2. The molecule has 0 saturated carbocycles. The Morgan fingerprint density at radius 1 is 0.622 bits per heavy atom. The zero-order valence-electron chi connectivity index (χ0n) is 25.0. The van der Waals surface area contributed by atoms with Crippen LogP contribution in [-0.2, 0) is 11.2 Å². The topological polar surface area (TPSA) is 34.1 Å². The van der Waals surface area contributed by atoms with Gasteiger partial charge in [0.1, 0.15) is 0 Å². The fourth-order valence-electron chi connectivity index (χ4n) is 6.30. The fraction of sp³-hybridized carbons (Fsp3) is 0.600. The van der Waals surface area contributed by atoms with E-state index < -0.39 is 0 Å². The van der Waals surface area contributed by atoms with E-state index >= 15 is 0 Å². The molecule has 0 N–H and O–H groups in total. The van der Waals surface area contributed by atoms with Gasteiger partial charge in [-0.3, -0.25) is 9.59 Å². The van der Waals surface area contributed by atoms with Gasteiger partial charge in [0.05, 0.1) is 0 Å². The molecule has 2 heteroatoms. The van der Waals surface area contributed by atoms with Gasteiger partial charge in [-0.2, -0.15) is 0 Å². The normalized spacial score (nSPS) is 14.7. The van der Waals surface area contributed by atoms with Gasteiger partial charge in [-0.05, 0) is 83.2 Å². The first kappa shape index (κ1) is 31.0. The molecule has 204 valence electrons. The summed E-state index contributed by atoms with van der Waals surface area (Å²) in [5, 5.41) is 0. The molecular weight excluding hydrogens is 452 g/mol. The van der Waals surface area contributed by atoms with Gasteiger partial charge in [0.25, 0.3) is 0 Å². The van der Waals surface area contributed by atoms with Gasteiger partial charge in [-0.1, -0.05) is 111 Å². The van der Waals surface area contributed by atoms with Crippen LogP contribution in [0, 0.1) is 0 Å². The number of hydrogen-bond acceptors (Lipinski definition) is 2. The summed E-state index contributed by atoms with van der Waals surface area (Å²) in [6.07, 6.45) is 8.90. The fourth-order valence-corrected chi connectivity index (χ4v) is 6.30. The lowest BCUT2D eigenvalue weighted by molar-refractivity contribution is -0.114. The first-order valence-electron chi connectivity index (χ1n) is 15.0. The van der Waals surface area contributed by atoms with Crippen LogP contribution in [0.2, 0.25) is 0 Å². The van der Waals surface area contributed by atoms with Crippen molar-refractivity contribution >= 4 is 11.6 Å². The maximum Gasteiger partial charge on any atom is 0.229 e. The molecule has 0 spiro atoms. The molecule has 2 rings (SSSR count). The Kier molecular flexibility index (Phi) is 12.8. The molecule has 0 heterocycles. The SMILES string of the molecule is CCCC(C)c1cc(C(=O)C(=O)Cc2ccccc2)c(C(C)CCC)c(C(C)CCC)c1C(C)CCC. The van der Waals surface area contributed by atoms with Gasteiger partial charge in [-0.25, -0.2) is 0 Å². The van der Waals surface area contributed by atoms with E-state index in [-0.39, 0.29) is 23.9 Å². The summed E-state index contributed by atoms with van der Waals surface area (Å²) in [5.41, 5.74) is 6.93. The van der Waals surface area contributed by atoms with E-state index in [0.717, 1.165) is 56.9 Å². The van der Waals surface area contributed by atoms with Gasteiger partial charge in [0.2, 0.25) is 11.6 Å². The number of hydrogen-bond donors (Lipinski definition) is 0. The third-order valence-corrected chi connectivity index (χ3v) is 8.08. The summed E-state index contributed by atoms with van der Waals surface area (Å²) in [5.74, 6) is 0.799. The number of carbonyl (C=O) groups is 2. The van der Waals surface area contributed by atoms with Crippen LogP contribution in [0.3, 0.4) is 0 Å². The Morgan fingerprint density at radius 2 is 1.08 bits per heavy atom. The van der Waals surface area contributed by atoms with Crippen LogP contribution in [0.4, 0.5) is 0 Å². The van der Waals surface area contributed by atoms with Crippen molar-refractivity contribution in [2.24, 2.45) is 0 Å². The van der Waals surface area contributed by atoms with E-state index in [1.165, 1.54) is 22.3 Å². The quantitative estimate of drug-likeness (QED) is 0.168. The monoisotopic (exact) mass is 504 g/mol. The Balaban J connectivity index is 2.87. The molecule has 0 aliphatic heterocycles. The van der Waals surface area contributed by atoms with Gasteiger partial charge in [-0.15, -0.1) is 0 Å². The van der Waals surface area contributed by atoms with Crippen molar-refractivity contribution in [2.75, 3.05) is 0 Å². The van der Waals surface area contributed by atoms with Gasteiger partial charge in [0, 0.05) is 12.0 Å². The number of Topliss-reactive ketones (excluding diaryl/α,β-unsaturated/α-hetero) is 2. The highest BCUT2D eigenvalue weighted by molar-refractivity contribution is 6.44. The van der Waals surface area contributed by atoms with Crippen molar-refractivity contribution in [3.8, 4) is 0 Å². The summed E-state index contributed by atoms with van der Waals surface area (Å²) in [6, 6.07) is 11.8. The van der Waals surface area contributed by atoms with Crippen molar-refractivity contribution < 1.29 is 9.59 Å². The van der Waals surface area contributed by atoms with Gasteiger partial charge >= 0.3 is 0 Å². The van der Waals surface area contributed by atoms with Crippen LogP contribution < -0.4 is 0 Å². The predicted molar refractivity (Wildman–Crippen MR) is 159 cm³/mol. The molecular formula is C35H52O2. The molecule has 0 radical (unpaired) electrons. The van der Waals surface area contributed by atoms with Crippen LogP contribution in [0.15, 0.2) is 36.4 Å². The summed E-state index contributed by atoms with van der Waals surface area (Å²) < 4.78 is 0. The van der Waals surface area contributed by atoms with Crippen LogP contribution in [0.5, 0.6) is 0 Å². The van der Waals surface area contributed by atoms with Gasteiger partial charge < -0.3 is 0 Å². The summed E-state index contributed by atoms with van der Waals surface area (Å²) >= 11 is 0. The number of carbonyl (C=O) groups excluding carboxylic acids is 2. The standard InChI is InChI=1S/C35H52O2/c1-9-16-24(5)29-23-30(35(37)31(36)22-28-20-14-13-15-21-28)33(26(7)18-11-3)34(27(8)19-12-4)32(29)25(6)17-10-2/h13-15,20-21,23-27H,9-12,16-19,22H2,1-8H3. The smallest absolute Gasteiger partial charge is 0.229 e. The third-order valence-electron chi connectivity index (χ3n) is 8.08. The second-order valence-corrected chi connectivity index (χ2v) is 11.4. The second-order valence-electron chi connectivity index (χ2n) is 11.4. The molecule has 0 aromatic heterocycles. The van der Waals surface area contributed by atoms with E-state index in [1.54, 1.807) is 0 Å². The number of rotatable bonds is 16. The van der Waals surface area contributed by atoms with E-state index in [9.17, 15) is 9.59 Å². The van der Waals surface area contributed by atoms with Crippen molar-refractivity contribution in [3.05, 3.63) is 69.8 Å². The highest BCUT2D eigenvalue weighted by atomic mass is 16.2. The molecule has 2 nitrogen and oxygen atoms in total. The van der Waals surface area contributed by atoms with E-state index in [1.807, 2.05) is 30.3 Å². The average molecular weight is 505 g/mol. The molecule has 0 saturated heterocycles. The molecule has 2 aromatic carbocycles.